The zero-order chi connectivity index (χ0) is 20.2. The van der Waals surface area contributed by atoms with E-state index in [1.807, 2.05) is 42.1 Å². The van der Waals surface area contributed by atoms with Crippen LogP contribution in [0.25, 0.3) is 22.6 Å². The minimum atomic E-state index is -0.287. The highest BCUT2D eigenvalue weighted by Gasteiger charge is 2.15. The minimum Gasteiger partial charge on any atom is -0.497 e. The molecule has 4 rings (SSSR count). The third kappa shape index (κ3) is 4.08. The van der Waals surface area contributed by atoms with E-state index in [0.29, 0.717) is 24.0 Å². The number of ether oxygens (including phenoxy) is 1. The Morgan fingerprint density at radius 1 is 1.10 bits per heavy atom. The summed E-state index contributed by atoms with van der Waals surface area (Å²) in [5.74, 6) is 1.70. The van der Waals surface area contributed by atoms with Crippen molar-refractivity contribution >= 4 is 5.95 Å². The van der Waals surface area contributed by atoms with Crippen LogP contribution in [-0.2, 0) is 13.6 Å². The Labute approximate surface area is 168 Å². The number of rotatable bonds is 6. The van der Waals surface area contributed by atoms with Crippen molar-refractivity contribution in [3.63, 3.8) is 0 Å². The van der Waals surface area contributed by atoms with Gasteiger partial charge in [0, 0.05) is 37.7 Å². The molecule has 4 aromatic rings. The predicted octanol–water partition coefficient (Wildman–Crippen LogP) is 4.30. The average Bonchev–Trinajstić information content (AvgIpc) is 3.18. The Hall–Kier alpha value is -3.74. The van der Waals surface area contributed by atoms with Crippen molar-refractivity contribution in [2.45, 2.75) is 6.54 Å². The molecule has 0 bridgehead atoms. The van der Waals surface area contributed by atoms with Crippen LogP contribution in [0.15, 0.2) is 67.1 Å². The molecule has 0 saturated heterocycles. The van der Waals surface area contributed by atoms with Crippen LogP contribution < -0.4 is 10.1 Å². The van der Waals surface area contributed by atoms with Gasteiger partial charge < -0.3 is 14.6 Å². The van der Waals surface area contributed by atoms with E-state index in [1.54, 1.807) is 31.6 Å². The molecule has 29 heavy (non-hydrogen) atoms. The standard InChI is InChI=1S/C22H20FN5O/c1-28-11-10-24-21(28)20-19(16-6-8-17(23)9-7-16)14-26-22(27-20)25-13-15-4-3-5-18(12-15)29-2/h3-12,14H,13H2,1-2H3,(H,25,26,27). The van der Waals surface area contributed by atoms with E-state index in [1.165, 1.54) is 12.1 Å². The molecule has 7 heteroatoms. The fourth-order valence-corrected chi connectivity index (χ4v) is 3.04. The first kappa shape index (κ1) is 18.6. The Morgan fingerprint density at radius 2 is 1.93 bits per heavy atom. The number of imidazole rings is 1. The molecule has 0 fully saturated rings. The lowest BCUT2D eigenvalue weighted by atomic mass is 10.1. The third-order valence-electron chi connectivity index (χ3n) is 4.56. The third-order valence-corrected chi connectivity index (χ3v) is 4.56. The maximum atomic E-state index is 13.4. The first-order valence-electron chi connectivity index (χ1n) is 9.11. The summed E-state index contributed by atoms with van der Waals surface area (Å²) in [5, 5.41) is 3.25. The highest BCUT2D eigenvalue weighted by molar-refractivity contribution is 5.78. The van der Waals surface area contributed by atoms with Gasteiger partial charge in [-0.25, -0.2) is 19.3 Å². The molecule has 146 valence electrons. The molecule has 0 saturated carbocycles. The van der Waals surface area contributed by atoms with E-state index in [9.17, 15) is 4.39 Å². The summed E-state index contributed by atoms with van der Waals surface area (Å²) >= 11 is 0. The average molecular weight is 389 g/mol. The van der Waals surface area contributed by atoms with Gasteiger partial charge in [0.25, 0.3) is 0 Å². The van der Waals surface area contributed by atoms with E-state index < -0.39 is 0 Å². The van der Waals surface area contributed by atoms with Crippen LogP contribution in [0.2, 0.25) is 0 Å². The Bertz CT molecular complexity index is 1120. The molecule has 0 aliphatic rings. The molecule has 6 nitrogen and oxygen atoms in total. The number of aryl methyl sites for hydroxylation is 1. The zero-order valence-corrected chi connectivity index (χ0v) is 16.1. The summed E-state index contributed by atoms with van der Waals surface area (Å²) in [4.78, 5) is 13.6. The van der Waals surface area contributed by atoms with Gasteiger partial charge in [0.05, 0.1) is 7.11 Å². The number of hydrogen-bond acceptors (Lipinski definition) is 5. The monoisotopic (exact) mass is 389 g/mol. The van der Waals surface area contributed by atoms with E-state index >= 15 is 0 Å². The molecule has 1 N–H and O–H groups in total. The molecule has 0 amide bonds. The Balaban J connectivity index is 1.68. The SMILES string of the molecule is COc1cccc(CNc2ncc(-c3ccc(F)cc3)c(-c3nccn3C)n2)c1. The molecule has 2 aromatic carbocycles. The van der Waals surface area contributed by atoms with E-state index in [-0.39, 0.29) is 5.82 Å². The Morgan fingerprint density at radius 3 is 2.66 bits per heavy atom. The minimum absolute atomic E-state index is 0.287. The first-order chi connectivity index (χ1) is 14.1. The van der Waals surface area contributed by atoms with Crippen molar-refractivity contribution in [2.75, 3.05) is 12.4 Å². The molecule has 0 radical (unpaired) electrons. The molecule has 0 aliphatic carbocycles. The van der Waals surface area contributed by atoms with Gasteiger partial charge in [0.1, 0.15) is 17.3 Å². The lowest BCUT2D eigenvalue weighted by molar-refractivity contribution is 0.414. The van der Waals surface area contributed by atoms with Gasteiger partial charge in [-0.2, -0.15) is 0 Å². The van der Waals surface area contributed by atoms with Crippen LogP contribution in [0.1, 0.15) is 5.56 Å². The van der Waals surface area contributed by atoms with Crippen LogP contribution >= 0.6 is 0 Å². The second-order valence-electron chi connectivity index (χ2n) is 6.53. The fraction of sp³-hybridized carbons (Fsp3) is 0.136. The van der Waals surface area contributed by atoms with E-state index in [2.05, 4.69) is 15.3 Å². The number of aromatic nitrogens is 4. The first-order valence-corrected chi connectivity index (χ1v) is 9.11. The molecule has 0 spiro atoms. The lowest BCUT2D eigenvalue weighted by Gasteiger charge is -2.12. The van der Waals surface area contributed by atoms with Crippen molar-refractivity contribution < 1.29 is 9.13 Å². The predicted molar refractivity (Wildman–Crippen MR) is 110 cm³/mol. The van der Waals surface area contributed by atoms with Crippen LogP contribution in [0.3, 0.4) is 0 Å². The van der Waals surface area contributed by atoms with Gasteiger partial charge in [-0.3, -0.25) is 0 Å². The van der Waals surface area contributed by atoms with Crippen molar-refractivity contribution in [2.24, 2.45) is 7.05 Å². The number of anilines is 1. The fourth-order valence-electron chi connectivity index (χ4n) is 3.04. The second-order valence-corrected chi connectivity index (χ2v) is 6.53. The number of hydrogen-bond donors (Lipinski definition) is 1. The van der Waals surface area contributed by atoms with E-state index in [4.69, 9.17) is 9.72 Å². The number of benzene rings is 2. The largest absolute Gasteiger partial charge is 0.497 e. The molecule has 0 unspecified atom stereocenters. The summed E-state index contributed by atoms with van der Waals surface area (Å²) in [5.41, 5.74) is 3.33. The smallest absolute Gasteiger partial charge is 0.223 e. The zero-order valence-electron chi connectivity index (χ0n) is 16.1. The van der Waals surface area contributed by atoms with Crippen molar-refractivity contribution in [3.05, 3.63) is 78.5 Å². The number of methoxy groups -OCH3 is 1. The molecular formula is C22H20FN5O. The number of nitrogens with one attached hydrogen (secondary N) is 1. The van der Waals surface area contributed by atoms with Crippen molar-refractivity contribution in [1.29, 1.82) is 0 Å². The maximum Gasteiger partial charge on any atom is 0.223 e. The van der Waals surface area contributed by atoms with Gasteiger partial charge in [-0.1, -0.05) is 24.3 Å². The normalized spacial score (nSPS) is 10.7. The quantitative estimate of drug-likeness (QED) is 0.533. The topological polar surface area (TPSA) is 64.9 Å². The molecule has 0 aliphatic heterocycles. The van der Waals surface area contributed by atoms with Crippen molar-refractivity contribution in [3.8, 4) is 28.4 Å². The summed E-state index contributed by atoms with van der Waals surface area (Å²) in [6.07, 6.45) is 5.31. The summed E-state index contributed by atoms with van der Waals surface area (Å²) in [6, 6.07) is 14.1. The summed E-state index contributed by atoms with van der Waals surface area (Å²) < 4.78 is 20.5. The highest BCUT2D eigenvalue weighted by atomic mass is 19.1. The van der Waals surface area contributed by atoms with Gasteiger partial charge >= 0.3 is 0 Å². The van der Waals surface area contributed by atoms with Crippen LogP contribution in [0.4, 0.5) is 10.3 Å². The number of nitrogens with zero attached hydrogens (tertiary/aromatic N) is 4. The molecular weight excluding hydrogens is 369 g/mol. The second kappa shape index (κ2) is 8.10. The molecule has 0 atom stereocenters. The van der Waals surface area contributed by atoms with Gasteiger partial charge in [-0.15, -0.1) is 0 Å². The van der Waals surface area contributed by atoms with Crippen LogP contribution in [0, 0.1) is 5.82 Å². The van der Waals surface area contributed by atoms with Crippen LogP contribution in [-0.4, -0.2) is 26.6 Å². The van der Waals surface area contributed by atoms with E-state index in [0.717, 1.165) is 22.4 Å². The van der Waals surface area contributed by atoms with Crippen LogP contribution in [0.5, 0.6) is 5.75 Å². The summed E-state index contributed by atoms with van der Waals surface area (Å²) in [7, 11) is 3.55. The Kier molecular flexibility index (Phi) is 5.20. The number of halogens is 1. The molecule has 2 heterocycles. The highest BCUT2D eigenvalue weighted by Crippen LogP contribution is 2.30. The van der Waals surface area contributed by atoms with Gasteiger partial charge in [0.15, 0.2) is 5.82 Å². The van der Waals surface area contributed by atoms with Gasteiger partial charge in [-0.05, 0) is 35.4 Å². The van der Waals surface area contributed by atoms with Gasteiger partial charge in [0.2, 0.25) is 5.95 Å². The van der Waals surface area contributed by atoms with Crippen molar-refractivity contribution in [1.82, 2.24) is 19.5 Å². The summed E-state index contributed by atoms with van der Waals surface area (Å²) in [6.45, 7) is 0.549. The molecule has 2 aromatic heterocycles. The maximum absolute atomic E-state index is 13.4. The lowest BCUT2D eigenvalue weighted by Crippen LogP contribution is -2.06.